The van der Waals surface area contributed by atoms with E-state index in [0.717, 1.165) is 39.3 Å². The van der Waals surface area contributed by atoms with Gasteiger partial charge in [0.2, 0.25) is 0 Å². The van der Waals surface area contributed by atoms with Crippen molar-refractivity contribution in [2.75, 3.05) is 32.8 Å². The largest absolute Gasteiger partial charge is 0.379 e. The zero-order valence-electron chi connectivity index (χ0n) is 16.5. The van der Waals surface area contributed by atoms with E-state index >= 15 is 0 Å². The number of thioether (sulfide) groups is 1. The summed E-state index contributed by atoms with van der Waals surface area (Å²) in [4.78, 5) is 20.2. The Balaban J connectivity index is 1.58. The summed E-state index contributed by atoms with van der Waals surface area (Å²) in [5.41, 5.74) is 1.00. The average molecular weight is 448 g/mol. The Morgan fingerprint density at radius 2 is 1.90 bits per heavy atom. The van der Waals surface area contributed by atoms with Crippen molar-refractivity contribution < 1.29 is 9.13 Å². The van der Waals surface area contributed by atoms with E-state index in [2.05, 4.69) is 4.90 Å². The maximum atomic E-state index is 14.2. The number of ether oxygens (including phenoxy) is 1. The Morgan fingerprint density at radius 1 is 1.10 bits per heavy atom. The standard InChI is InChI=1S/C22H23ClFN3O2S/c23-18-6-3-7-19(24)17(18)15-30-22-25-20-8-2-1-5-16(20)21(28)27(22)10-4-9-26-11-13-29-14-12-26/h1-3,5-8H,4,9-15H2. The number of halogens is 2. The molecule has 2 aromatic carbocycles. The average Bonchev–Trinajstić information content (AvgIpc) is 2.76. The van der Waals surface area contributed by atoms with Gasteiger partial charge in [-0.15, -0.1) is 0 Å². The van der Waals surface area contributed by atoms with E-state index < -0.39 is 0 Å². The molecular formula is C22H23ClFN3O2S. The first-order valence-electron chi connectivity index (χ1n) is 9.99. The third-order valence-electron chi connectivity index (χ3n) is 5.19. The molecule has 0 saturated carbocycles. The minimum atomic E-state index is -0.350. The molecule has 3 aromatic rings. The molecule has 1 saturated heterocycles. The van der Waals surface area contributed by atoms with Gasteiger partial charge in [0.1, 0.15) is 5.82 Å². The van der Waals surface area contributed by atoms with Gasteiger partial charge in [-0.3, -0.25) is 14.3 Å². The molecule has 4 rings (SSSR count). The smallest absolute Gasteiger partial charge is 0.262 e. The highest BCUT2D eigenvalue weighted by atomic mass is 35.5. The molecule has 2 heterocycles. The van der Waals surface area contributed by atoms with Crippen LogP contribution in [0.15, 0.2) is 52.4 Å². The molecule has 0 atom stereocenters. The summed E-state index contributed by atoms with van der Waals surface area (Å²) >= 11 is 7.51. The van der Waals surface area contributed by atoms with Crippen molar-refractivity contribution in [1.82, 2.24) is 14.5 Å². The van der Waals surface area contributed by atoms with Gasteiger partial charge in [0.15, 0.2) is 5.16 Å². The van der Waals surface area contributed by atoms with Crippen LogP contribution in [0.3, 0.4) is 0 Å². The molecule has 1 aliphatic heterocycles. The summed E-state index contributed by atoms with van der Waals surface area (Å²) in [6.07, 6.45) is 0.827. The van der Waals surface area contributed by atoms with Crippen LogP contribution < -0.4 is 5.56 Å². The zero-order chi connectivity index (χ0) is 20.9. The summed E-state index contributed by atoms with van der Waals surface area (Å²) in [6.45, 7) is 4.79. The highest BCUT2D eigenvalue weighted by Gasteiger charge is 2.15. The second kappa shape index (κ2) is 9.92. The van der Waals surface area contributed by atoms with E-state index in [0.29, 0.717) is 38.9 Å². The lowest BCUT2D eigenvalue weighted by molar-refractivity contribution is 0.0368. The number of hydrogen-bond acceptors (Lipinski definition) is 5. The number of rotatable bonds is 7. The Morgan fingerprint density at radius 3 is 2.70 bits per heavy atom. The van der Waals surface area contributed by atoms with E-state index in [-0.39, 0.29) is 11.4 Å². The predicted molar refractivity (Wildman–Crippen MR) is 119 cm³/mol. The van der Waals surface area contributed by atoms with Crippen LogP contribution in [0.2, 0.25) is 5.02 Å². The molecule has 30 heavy (non-hydrogen) atoms. The molecule has 1 aromatic heterocycles. The Hall–Kier alpha value is -1.93. The fourth-order valence-corrected chi connectivity index (χ4v) is 4.91. The fraction of sp³-hybridized carbons (Fsp3) is 0.364. The molecule has 5 nitrogen and oxygen atoms in total. The Labute approximate surface area is 183 Å². The molecule has 0 N–H and O–H groups in total. The number of morpholine rings is 1. The topological polar surface area (TPSA) is 47.4 Å². The van der Waals surface area contributed by atoms with Crippen molar-refractivity contribution in [2.45, 2.75) is 23.9 Å². The van der Waals surface area contributed by atoms with Gasteiger partial charge in [0, 0.05) is 42.5 Å². The normalized spacial score (nSPS) is 15.0. The Kier molecular flexibility index (Phi) is 7.04. The lowest BCUT2D eigenvalue weighted by atomic mass is 10.2. The van der Waals surface area contributed by atoms with Gasteiger partial charge < -0.3 is 4.74 Å². The highest BCUT2D eigenvalue weighted by molar-refractivity contribution is 7.98. The summed E-state index contributed by atoms with van der Waals surface area (Å²) in [5, 5.41) is 1.56. The third-order valence-corrected chi connectivity index (χ3v) is 6.55. The molecule has 0 unspecified atom stereocenters. The first-order valence-corrected chi connectivity index (χ1v) is 11.4. The number of benzene rings is 2. The van der Waals surface area contributed by atoms with Crippen LogP contribution in [0.5, 0.6) is 0 Å². The molecule has 0 amide bonds. The van der Waals surface area contributed by atoms with Crippen molar-refractivity contribution in [3.8, 4) is 0 Å². The maximum absolute atomic E-state index is 14.2. The molecule has 0 aliphatic carbocycles. The van der Waals surface area contributed by atoms with Gasteiger partial charge in [0.25, 0.3) is 5.56 Å². The fourth-order valence-electron chi connectivity index (χ4n) is 3.54. The van der Waals surface area contributed by atoms with Crippen molar-refractivity contribution in [1.29, 1.82) is 0 Å². The summed E-state index contributed by atoms with van der Waals surface area (Å²) in [6, 6.07) is 12.0. The van der Waals surface area contributed by atoms with Gasteiger partial charge in [0.05, 0.1) is 24.1 Å². The maximum Gasteiger partial charge on any atom is 0.262 e. The van der Waals surface area contributed by atoms with E-state index in [1.807, 2.05) is 18.2 Å². The second-order valence-electron chi connectivity index (χ2n) is 7.16. The van der Waals surface area contributed by atoms with E-state index in [1.165, 1.54) is 17.8 Å². The molecule has 1 aliphatic rings. The molecule has 0 spiro atoms. The lowest BCUT2D eigenvalue weighted by Crippen LogP contribution is -2.37. The van der Waals surface area contributed by atoms with Crippen LogP contribution in [0, 0.1) is 5.82 Å². The van der Waals surface area contributed by atoms with Crippen LogP contribution in [0.25, 0.3) is 10.9 Å². The van der Waals surface area contributed by atoms with E-state index in [9.17, 15) is 9.18 Å². The molecule has 8 heteroatoms. The van der Waals surface area contributed by atoms with Crippen LogP contribution in [-0.4, -0.2) is 47.3 Å². The van der Waals surface area contributed by atoms with Gasteiger partial charge in [-0.1, -0.05) is 41.6 Å². The quantitative estimate of drug-likeness (QED) is 0.401. The monoisotopic (exact) mass is 447 g/mol. The molecule has 1 fully saturated rings. The van der Waals surface area contributed by atoms with Gasteiger partial charge in [-0.25, -0.2) is 9.37 Å². The first kappa shape index (κ1) is 21.3. The minimum Gasteiger partial charge on any atom is -0.379 e. The van der Waals surface area contributed by atoms with Crippen molar-refractivity contribution in [2.24, 2.45) is 0 Å². The van der Waals surface area contributed by atoms with Gasteiger partial charge in [-0.2, -0.15) is 0 Å². The van der Waals surface area contributed by atoms with Crippen LogP contribution in [0.1, 0.15) is 12.0 Å². The SMILES string of the molecule is O=c1c2ccccc2nc(SCc2c(F)cccc2Cl)n1CCCN1CCOCC1. The first-order chi connectivity index (χ1) is 14.6. The molecule has 158 valence electrons. The van der Waals surface area contributed by atoms with Crippen molar-refractivity contribution >= 4 is 34.3 Å². The second-order valence-corrected chi connectivity index (χ2v) is 8.51. The predicted octanol–water partition coefficient (Wildman–Crippen LogP) is 4.20. The van der Waals surface area contributed by atoms with Crippen LogP contribution in [0.4, 0.5) is 4.39 Å². The molecule has 0 bridgehead atoms. The third kappa shape index (κ3) is 4.86. The minimum absolute atomic E-state index is 0.0651. The number of para-hydroxylation sites is 1. The number of hydrogen-bond donors (Lipinski definition) is 0. The van der Waals surface area contributed by atoms with Crippen LogP contribution in [-0.2, 0) is 17.0 Å². The van der Waals surface area contributed by atoms with E-state index in [4.69, 9.17) is 21.3 Å². The number of nitrogens with zero attached hydrogens (tertiary/aromatic N) is 3. The van der Waals surface area contributed by atoms with Gasteiger partial charge >= 0.3 is 0 Å². The zero-order valence-corrected chi connectivity index (χ0v) is 18.1. The molecular weight excluding hydrogens is 425 g/mol. The highest BCUT2D eigenvalue weighted by Crippen LogP contribution is 2.28. The summed E-state index contributed by atoms with van der Waals surface area (Å²) in [7, 11) is 0. The molecule has 0 radical (unpaired) electrons. The van der Waals surface area contributed by atoms with Crippen molar-refractivity contribution in [3.05, 3.63) is 69.2 Å². The van der Waals surface area contributed by atoms with E-state index in [1.54, 1.807) is 22.8 Å². The Bertz CT molecular complexity index is 1070. The summed E-state index contributed by atoms with van der Waals surface area (Å²) < 4.78 is 21.3. The number of fused-ring (bicyclic) bond motifs is 1. The number of aromatic nitrogens is 2. The van der Waals surface area contributed by atoms with Gasteiger partial charge in [-0.05, 0) is 30.7 Å². The van der Waals surface area contributed by atoms with Crippen LogP contribution >= 0.6 is 23.4 Å². The lowest BCUT2D eigenvalue weighted by Gasteiger charge is -2.26. The summed E-state index contributed by atoms with van der Waals surface area (Å²) in [5.74, 6) is -0.0447. The van der Waals surface area contributed by atoms with Crippen molar-refractivity contribution in [3.63, 3.8) is 0 Å².